The zero-order chi connectivity index (χ0) is 18.7. The highest BCUT2D eigenvalue weighted by Gasteiger charge is 2.11. The van der Waals surface area contributed by atoms with Crippen molar-refractivity contribution in [2.75, 3.05) is 7.11 Å². The Morgan fingerprint density at radius 2 is 1.77 bits per heavy atom. The number of aromatic hydroxyl groups is 1. The molecule has 26 heavy (non-hydrogen) atoms. The molecule has 4 nitrogen and oxygen atoms in total. The van der Waals surface area contributed by atoms with Crippen molar-refractivity contribution in [1.82, 2.24) is 4.98 Å². The van der Waals surface area contributed by atoms with Gasteiger partial charge in [0.05, 0.1) is 7.11 Å². The quantitative estimate of drug-likeness (QED) is 0.681. The highest BCUT2D eigenvalue weighted by atomic mass is 16.5. The fourth-order valence-electron chi connectivity index (χ4n) is 2.91. The van der Waals surface area contributed by atoms with Crippen LogP contribution < -0.4 is 10.3 Å². The Kier molecular flexibility index (Phi) is 4.94. The maximum atomic E-state index is 11.3. The van der Waals surface area contributed by atoms with Crippen LogP contribution in [0.25, 0.3) is 23.3 Å². The molecule has 3 aromatic rings. The second-order valence-corrected chi connectivity index (χ2v) is 6.26. The van der Waals surface area contributed by atoms with E-state index in [-0.39, 0.29) is 11.3 Å². The number of pyridine rings is 1. The molecule has 0 aliphatic heterocycles. The van der Waals surface area contributed by atoms with E-state index >= 15 is 0 Å². The molecule has 0 atom stereocenters. The van der Waals surface area contributed by atoms with Crippen LogP contribution in [0.5, 0.6) is 11.5 Å². The number of rotatable bonds is 4. The molecule has 3 rings (SSSR count). The number of aryl methyl sites for hydroxylation is 2. The number of H-pyrrole nitrogens is 1. The van der Waals surface area contributed by atoms with Crippen molar-refractivity contribution in [3.8, 4) is 22.6 Å². The summed E-state index contributed by atoms with van der Waals surface area (Å²) in [6, 6.07) is 13.3. The summed E-state index contributed by atoms with van der Waals surface area (Å²) >= 11 is 0. The molecule has 0 radical (unpaired) electrons. The minimum Gasteiger partial charge on any atom is -0.507 e. The summed E-state index contributed by atoms with van der Waals surface area (Å²) in [6.45, 7) is 4.01. The van der Waals surface area contributed by atoms with Crippen molar-refractivity contribution >= 4 is 12.2 Å². The SMILES string of the molecule is COc1c(C)cc(-c2c[nH]c(=O)cc2O)cc1/C=C/c1ccc(C)cc1. The maximum Gasteiger partial charge on any atom is 0.251 e. The summed E-state index contributed by atoms with van der Waals surface area (Å²) < 4.78 is 5.55. The lowest BCUT2D eigenvalue weighted by atomic mass is 9.99. The van der Waals surface area contributed by atoms with Crippen molar-refractivity contribution in [1.29, 1.82) is 0 Å². The normalized spacial score (nSPS) is 11.0. The van der Waals surface area contributed by atoms with Gasteiger partial charge >= 0.3 is 0 Å². The first-order chi connectivity index (χ1) is 12.5. The average Bonchev–Trinajstić information content (AvgIpc) is 2.61. The Morgan fingerprint density at radius 3 is 2.42 bits per heavy atom. The van der Waals surface area contributed by atoms with Crippen LogP contribution in [0.15, 0.2) is 53.5 Å². The molecule has 132 valence electrons. The third-order valence-corrected chi connectivity index (χ3v) is 4.25. The largest absolute Gasteiger partial charge is 0.507 e. The second-order valence-electron chi connectivity index (χ2n) is 6.26. The maximum absolute atomic E-state index is 11.3. The van der Waals surface area contributed by atoms with Gasteiger partial charge in [-0.25, -0.2) is 0 Å². The van der Waals surface area contributed by atoms with Gasteiger partial charge in [-0.15, -0.1) is 0 Å². The van der Waals surface area contributed by atoms with Gasteiger partial charge in [0.1, 0.15) is 11.5 Å². The summed E-state index contributed by atoms with van der Waals surface area (Å²) in [5, 5.41) is 10.1. The molecule has 1 aromatic heterocycles. The predicted octanol–water partition coefficient (Wildman–Crippen LogP) is 4.54. The molecule has 4 heteroatoms. The zero-order valence-electron chi connectivity index (χ0n) is 15.0. The minimum absolute atomic E-state index is 0.0493. The molecule has 0 aliphatic rings. The number of methoxy groups -OCH3 is 1. The molecule has 0 amide bonds. The van der Waals surface area contributed by atoms with E-state index in [0.29, 0.717) is 5.56 Å². The van der Waals surface area contributed by atoms with Crippen LogP contribution in [0.1, 0.15) is 22.3 Å². The summed E-state index contributed by atoms with van der Waals surface area (Å²) in [5.74, 6) is 0.729. The average molecular weight is 347 g/mol. The van der Waals surface area contributed by atoms with Crippen LogP contribution in [0.3, 0.4) is 0 Å². The highest BCUT2D eigenvalue weighted by Crippen LogP contribution is 2.34. The molecule has 0 saturated heterocycles. The summed E-state index contributed by atoms with van der Waals surface area (Å²) in [5.41, 5.74) is 5.18. The van der Waals surface area contributed by atoms with Gasteiger partial charge in [0.15, 0.2) is 0 Å². The fraction of sp³-hybridized carbons (Fsp3) is 0.136. The van der Waals surface area contributed by atoms with Gasteiger partial charge in [0, 0.05) is 23.4 Å². The number of nitrogens with one attached hydrogen (secondary N) is 1. The van der Waals surface area contributed by atoms with Gasteiger partial charge in [-0.1, -0.05) is 42.0 Å². The minimum atomic E-state index is -0.337. The van der Waals surface area contributed by atoms with Crippen LogP contribution in [-0.2, 0) is 0 Å². The van der Waals surface area contributed by atoms with Crippen molar-refractivity contribution < 1.29 is 9.84 Å². The Balaban J connectivity index is 2.07. The van der Waals surface area contributed by atoms with Gasteiger partial charge in [-0.2, -0.15) is 0 Å². The third-order valence-electron chi connectivity index (χ3n) is 4.25. The smallest absolute Gasteiger partial charge is 0.251 e. The van der Waals surface area contributed by atoms with E-state index in [1.165, 1.54) is 17.8 Å². The van der Waals surface area contributed by atoms with Crippen LogP contribution in [0.4, 0.5) is 0 Å². The van der Waals surface area contributed by atoms with E-state index in [2.05, 4.69) is 36.2 Å². The Hall–Kier alpha value is -3.27. The molecule has 1 heterocycles. The molecule has 0 unspecified atom stereocenters. The Morgan fingerprint density at radius 1 is 1.04 bits per heavy atom. The molecule has 0 bridgehead atoms. The molecule has 0 spiro atoms. The van der Waals surface area contributed by atoms with Gasteiger partial charge in [0.2, 0.25) is 0 Å². The molecule has 0 aliphatic carbocycles. The van der Waals surface area contributed by atoms with Crippen LogP contribution >= 0.6 is 0 Å². The Bertz CT molecular complexity index is 1010. The molecular formula is C22H21NO3. The predicted molar refractivity (Wildman–Crippen MR) is 106 cm³/mol. The molecular weight excluding hydrogens is 326 g/mol. The van der Waals surface area contributed by atoms with E-state index < -0.39 is 0 Å². The lowest BCUT2D eigenvalue weighted by molar-refractivity contribution is 0.411. The topological polar surface area (TPSA) is 62.3 Å². The standard InChI is InChI=1S/C22H21NO3/c1-14-4-6-16(7-5-14)8-9-17-11-18(10-15(2)22(17)26-3)19-13-23-21(25)12-20(19)24/h4-13H,1-3H3,(H2,23,24,25)/b9-8+. The Labute approximate surface area is 152 Å². The number of aromatic amines is 1. The van der Waals surface area contributed by atoms with Gasteiger partial charge in [0.25, 0.3) is 5.56 Å². The van der Waals surface area contributed by atoms with Gasteiger partial charge in [-0.3, -0.25) is 4.79 Å². The number of benzene rings is 2. The number of aromatic nitrogens is 1. The van der Waals surface area contributed by atoms with Gasteiger partial charge < -0.3 is 14.8 Å². The van der Waals surface area contributed by atoms with E-state index in [9.17, 15) is 9.90 Å². The highest BCUT2D eigenvalue weighted by molar-refractivity contribution is 5.79. The fourth-order valence-corrected chi connectivity index (χ4v) is 2.91. The number of ether oxygens (including phenoxy) is 1. The summed E-state index contributed by atoms with van der Waals surface area (Å²) in [6.07, 6.45) is 5.53. The number of hydrogen-bond donors (Lipinski definition) is 2. The van der Waals surface area contributed by atoms with Crippen molar-refractivity contribution in [2.45, 2.75) is 13.8 Å². The van der Waals surface area contributed by atoms with Gasteiger partial charge in [-0.05, 0) is 42.7 Å². The first kappa shape index (κ1) is 17.5. The summed E-state index contributed by atoms with van der Waals surface area (Å²) in [7, 11) is 1.64. The molecule has 0 fully saturated rings. The number of hydrogen-bond acceptors (Lipinski definition) is 3. The third kappa shape index (κ3) is 3.70. The van der Waals surface area contributed by atoms with Crippen LogP contribution in [0, 0.1) is 13.8 Å². The van der Waals surface area contributed by atoms with E-state index in [1.807, 2.05) is 31.2 Å². The first-order valence-corrected chi connectivity index (χ1v) is 8.33. The van der Waals surface area contributed by atoms with Crippen molar-refractivity contribution in [3.63, 3.8) is 0 Å². The lowest BCUT2D eigenvalue weighted by Gasteiger charge is -2.13. The van der Waals surface area contributed by atoms with E-state index in [4.69, 9.17) is 4.74 Å². The molecule has 0 saturated carbocycles. The van der Waals surface area contributed by atoms with Crippen molar-refractivity contribution in [3.05, 3.63) is 81.3 Å². The zero-order valence-corrected chi connectivity index (χ0v) is 15.0. The van der Waals surface area contributed by atoms with Crippen LogP contribution in [0.2, 0.25) is 0 Å². The molecule has 2 aromatic carbocycles. The van der Waals surface area contributed by atoms with E-state index in [1.54, 1.807) is 7.11 Å². The molecule has 2 N–H and O–H groups in total. The van der Waals surface area contributed by atoms with Crippen molar-refractivity contribution in [2.24, 2.45) is 0 Å². The first-order valence-electron chi connectivity index (χ1n) is 8.33. The van der Waals surface area contributed by atoms with Crippen LogP contribution in [-0.4, -0.2) is 17.2 Å². The van der Waals surface area contributed by atoms with E-state index in [0.717, 1.165) is 28.0 Å². The monoisotopic (exact) mass is 347 g/mol. The summed E-state index contributed by atoms with van der Waals surface area (Å²) in [4.78, 5) is 13.9. The lowest BCUT2D eigenvalue weighted by Crippen LogP contribution is -2.02. The second kappa shape index (κ2) is 7.31.